The number of likely N-dealkylation sites (tertiary alicyclic amines) is 1. The summed E-state index contributed by atoms with van der Waals surface area (Å²) in [5.74, 6) is 1.44. The van der Waals surface area contributed by atoms with E-state index in [0.29, 0.717) is 24.9 Å². The molecule has 1 aliphatic heterocycles. The smallest absolute Gasteiger partial charge is 0.220 e. The molecular formula is C28H36FN3O. The van der Waals surface area contributed by atoms with Crippen molar-refractivity contribution >= 4 is 16.8 Å². The highest BCUT2D eigenvalue weighted by Crippen LogP contribution is 2.24. The molecule has 5 heteroatoms. The molecule has 0 saturated carbocycles. The number of hydrogen-bond donors (Lipinski definition) is 1. The number of rotatable bonds is 9. The van der Waals surface area contributed by atoms with Gasteiger partial charge in [0.1, 0.15) is 5.82 Å². The zero-order valence-corrected chi connectivity index (χ0v) is 19.9. The summed E-state index contributed by atoms with van der Waals surface area (Å²) in [6.07, 6.45) is 5.53. The van der Waals surface area contributed by atoms with Crippen LogP contribution in [0.2, 0.25) is 0 Å². The molecular weight excluding hydrogens is 413 g/mol. The molecule has 3 aromatic rings. The van der Waals surface area contributed by atoms with Crippen LogP contribution < -0.4 is 5.32 Å². The molecule has 2 heterocycles. The van der Waals surface area contributed by atoms with E-state index in [0.717, 1.165) is 47.8 Å². The van der Waals surface area contributed by atoms with Gasteiger partial charge in [0.15, 0.2) is 0 Å². The SMILES string of the molecule is C[C@@H]1C[C@@H](C)CN(CCCNC(=O)CCc2cn(Cc3ccccc3F)c3ccccc23)C1. The Bertz CT molecular complexity index is 1070. The molecule has 1 amide bonds. The largest absolute Gasteiger partial charge is 0.356 e. The van der Waals surface area contributed by atoms with Crippen LogP contribution in [0.3, 0.4) is 0 Å². The van der Waals surface area contributed by atoms with E-state index in [-0.39, 0.29) is 11.7 Å². The Kier molecular flexibility index (Phi) is 7.81. The Labute approximate surface area is 196 Å². The van der Waals surface area contributed by atoms with E-state index in [1.165, 1.54) is 25.6 Å². The Morgan fingerprint density at radius 3 is 2.55 bits per heavy atom. The number of carbonyl (C=O) groups is 1. The topological polar surface area (TPSA) is 37.3 Å². The van der Waals surface area contributed by atoms with Crippen molar-refractivity contribution in [3.63, 3.8) is 0 Å². The molecule has 2 aromatic carbocycles. The van der Waals surface area contributed by atoms with Gasteiger partial charge in [0.25, 0.3) is 0 Å². The number of carbonyl (C=O) groups excluding carboxylic acids is 1. The summed E-state index contributed by atoms with van der Waals surface area (Å²) in [5, 5.41) is 4.23. The molecule has 1 saturated heterocycles. The fourth-order valence-electron chi connectivity index (χ4n) is 5.30. The number of aryl methyl sites for hydroxylation is 1. The molecule has 4 rings (SSSR count). The highest BCUT2D eigenvalue weighted by atomic mass is 19.1. The maximum Gasteiger partial charge on any atom is 0.220 e. The Morgan fingerprint density at radius 1 is 1.03 bits per heavy atom. The van der Waals surface area contributed by atoms with Gasteiger partial charge in [-0.05, 0) is 55.3 Å². The average Bonchev–Trinajstić information content (AvgIpc) is 3.14. The van der Waals surface area contributed by atoms with Crippen molar-refractivity contribution < 1.29 is 9.18 Å². The van der Waals surface area contributed by atoms with Gasteiger partial charge < -0.3 is 14.8 Å². The minimum atomic E-state index is -0.190. The minimum absolute atomic E-state index is 0.0984. The molecule has 4 nitrogen and oxygen atoms in total. The summed E-state index contributed by atoms with van der Waals surface area (Å²) >= 11 is 0. The van der Waals surface area contributed by atoms with Crippen molar-refractivity contribution in [2.45, 2.75) is 46.1 Å². The van der Waals surface area contributed by atoms with Crippen molar-refractivity contribution in [2.24, 2.45) is 11.8 Å². The summed E-state index contributed by atoms with van der Waals surface area (Å²) < 4.78 is 16.3. The Hall–Kier alpha value is -2.66. The number of benzene rings is 2. The van der Waals surface area contributed by atoms with Crippen LogP contribution in [0.5, 0.6) is 0 Å². The summed E-state index contributed by atoms with van der Waals surface area (Å²) in [5.41, 5.74) is 2.87. The second-order valence-corrected chi connectivity index (χ2v) is 9.80. The van der Waals surface area contributed by atoms with Crippen molar-refractivity contribution in [1.29, 1.82) is 0 Å². The maximum atomic E-state index is 14.2. The summed E-state index contributed by atoms with van der Waals surface area (Å²) in [6.45, 7) is 9.28. The standard InChI is InChI=1S/C28H36FN3O/c1-21-16-22(2)18-31(17-21)15-7-14-30-28(33)13-12-23-19-32(27-11-6-4-9-25(23)27)20-24-8-3-5-10-26(24)29/h3-6,8-11,19,21-22H,7,12-18,20H2,1-2H3,(H,30,33)/t21-,22-/m1/s1. The lowest BCUT2D eigenvalue weighted by Gasteiger charge is -2.34. The van der Waals surface area contributed by atoms with Gasteiger partial charge in [-0.2, -0.15) is 0 Å². The van der Waals surface area contributed by atoms with Gasteiger partial charge in [-0.25, -0.2) is 4.39 Å². The van der Waals surface area contributed by atoms with Gasteiger partial charge in [-0.3, -0.25) is 4.79 Å². The summed E-state index contributed by atoms with van der Waals surface area (Å²) in [7, 11) is 0. The third-order valence-corrected chi connectivity index (χ3v) is 6.71. The first kappa shape index (κ1) is 23.5. The molecule has 33 heavy (non-hydrogen) atoms. The molecule has 0 aliphatic carbocycles. The second-order valence-electron chi connectivity index (χ2n) is 9.80. The number of fused-ring (bicyclic) bond motifs is 1. The summed E-state index contributed by atoms with van der Waals surface area (Å²) in [4.78, 5) is 15.0. The second kappa shape index (κ2) is 11.0. The zero-order chi connectivity index (χ0) is 23.2. The van der Waals surface area contributed by atoms with Gasteiger partial charge in [0.05, 0.1) is 6.54 Å². The van der Waals surface area contributed by atoms with E-state index < -0.39 is 0 Å². The normalized spacial score (nSPS) is 19.1. The number of nitrogens with one attached hydrogen (secondary N) is 1. The highest BCUT2D eigenvalue weighted by Gasteiger charge is 2.21. The lowest BCUT2D eigenvalue weighted by molar-refractivity contribution is -0.121. The van der Waals surface area contributed by atoms with Crippen molar-refractivity contribution in [1.82, 2.24) is 14.8 Å². The minimum Gasteiger partial charge on any atom is -0.356 e. The number of piperidine rings is 1. The molecule has 0 spiro atoms. The van der Waals surface area contributed by atoms with Gasteiger partial charge in [0, 0.05) is 48.7 Å². The van der Waals surface area contributed by atoms with Crippen LogP contribution in [0.1, 0.15) is 44.2 Å². The van der Waals surface area contributed by atoms with Crippen LogP contribution in [-0.4, -0.2) is 41.6 Å². The average molecular weight is 450 g/mol. The molecule has 1 aliphatic rings. The first-order chi connectivity index (χ1) is 16.0. The highest BCUT2D eigenvalue weighted by molar-refractivity contribution is 5.85. The zero-order valence-electron chi connectivity index (χ0n) is 19.9. The Balaban J connectivity index is 1.29. The monoisotopic (exact) mass is 449 g/mol. The van der Waals surface area contributed by atoms with Crippen LogP contribution >= 0.6 is 0 Å². The number of halogens is 1. The predicted octanol–water partition coefficient (Wildman–Crippen LogP) is 5.25. The molecule has 176 valence electrons. The molecule has 0 unspecified atom stereocenters. The van der Waals surface area contributed by atoms with Crippen molar-refractivity contribution in [3.8, 4) is 0 Å². The van der Waals surface area contributed by atoms with E-state index >= 15 is 0 Å². The first-order valence-corrected chi connectivity index (χ1v) is 12.3. The van der Waals surface area contributed by atoms with Crippen molar-refractivity contribution in [3.05, 3.63) is 71.7 Å². The number of hydrogen-bond acceptors (Lipinski definition) is 2. The molecule has 2 atom stereocenters. The number of amides is 1. The Morgan fingerprint density at radius 2 is 1.76 bits per heavy atom. The van der Waals surface area contributed by atoms with Crippen molar-refractivity contribution in [2.75, 3.05) is 26.2 Å². The molecule has 1 N–H and O–H groups in total. The fourth-order valence-corrected chi connectivity index (χ4v) is 5.30. The van der Waals surface area contributed by atoms with Gasteiger partial charge in [-0.15, -0.1) is 0 Å². The quantitative estimate of drug-likeness (QED) is 0.453. The predicted molar refractivity (Wildman–Crippen MR) is 133 cm³/mol. The lowest BCUT2D eigenvalue weighted by atomic mass is 9.92. The third kappa shape index (κ3) is 6.23. The fraction of sp³-hybridized carbons (Fsp3) is 0.464. The van der Waals surface area contributed by atoms with E-state index in [1.54, 1.807) is 6.07 Å². The van der Waals surface area contributed by atoms with Gasteiger partial charge >= 0.3 is 0 Å². The van der Waals surface area contributed by atoms with Crippen LogP contribution in [0.25, 0.3) is 10.9 Å². The summed E-state index contributed by atoms with van der Waals surface area (Å²) in [6, 6.07) is 15.1. The lowest BCUT2D eigenvalue weighted by Crippen LogP contribution is -2.40. The van der Waals surface area contributed by atoms with Crippen LogP contribution in [-0.2, 0) is 17.8 Å². The van der Waals surface area contributed by atoms with Gasteiger partial charge in [-0.1, -0.05) is 50.2 Å². The molecule has 1 fully saturated rings. The number of para-hydroxylation sites is 1. The van der Waals surface area contributed by atoms with E-state index in [2.05, 4.69) is 47.0 Å². The number of nitrogens with zero attached hydrogens (tertiary/aromatic N) is 2. The van der Waals surface area contributed by atoms with E-state index in [4.69, 9.17) is 0 Å². The van der Waals surface area contributed by atoms with Crippen LogP contribution in [0.15, 0.2) is 54.7 Å². The molecule has 1 aromatic heterocycles. The van der Waals surface area contributed by atoms with E-state index in [9.17, 15) is 9.18 Å². The number of aromatic nitrogens is 1. The first-order valence-electron chi connectivity index (χ1n) is 12.3. The van der Waals surface area contributed by atoms with Crippen LogP contribution in [0.4, 0.5) is 4.39 Å². The van der Waals surface area contributed by atoms with Crippen LogP contribution in [0, 0.1) is 17.7 Å². The van der Waals surface area contributed by atoms with Gasteiger partial charge in [0.2, 0.25) is 5.91 Å². The maximum absolute atomic E-state index is 14.2. The molecule has 0 bridgehead atoms. The molecule has 0 radical (unpaired) electrons. The third-order valence-electron chi connectivity index (χ3n) is 6.71. The van der Waals surface area contributed by atoms with E-state index in [1.807, 2.05) is 24.3 Å².